The maximum atomic E-state index is 11.7. The van der Waals surface area contributed by atoms with Gasteiger partial charge in [-0.2, -0.15) is 0 Å². The summed E-state index contributed by atoms with van der Waals surface area (Å²) < 4.78 is 5.30. The lowest BCUT2D eigenvalue weighted by Gasteiger charge is -2.53. The lowest BCUT2D eigenvalue weighted by Crippen LogP contribution is -2.45. The molecular weight excluding hydrogens is 276 g/mol. The summed E-state index contributed by atoms with van der Waals surface area (Å²) >= 11 is 0. The van der Waals surface area contributed by atoms with E-state index in [-0.39, 0.29) is 22.6 Å². The summed E-state index contributed by atoms with van der Waals surface area (Å²) in [6.45, 7) is 6.57. The molecule has 3 nitrogen and oxygen atoms in total. The van der Waals surface area contributed by atoms with Crippen molar-refractivity contribution in [3.05, 3.63) is 23.8 Å². The molecule has 4 unspecified atom stereocenters. The first-order chi connectivity index (χ1) is 10.3. The van der Waals surface area contributed by atoms with E-state index in [0.29, 0.717) is 18.4 Å². The van der Waals surface area contributed by atoms with Gasteiger partial charge in [0.05, 0.1) is 6.61 Å². The van der Waals surface area contributed by atoms with Gasteiger partial charge in [-0.1, -0.05) is 25.5 Å². The number of fused-ring (bicyclic) bond motifs is 3. The molecule has 0 saturated heterocycles. The molecule has 4 atom stereocenters. The molecule has 0 heterocycles. The van der Waals surface area contributed by atoms with Crippen molar-refractivity contribution in [1.29, 1.82) is 0 Å². The second kappa shape index (κ2) is 5.36. The predicted octanol–water partition coefficient (Wildman–Crippen LogP) is 3.84. The maximum Gasteiger partial charge on any atom is 0.302 e. The molecule has 0 aromatic carbocycles. The first kappa shape index (κ1) is 15.5. The van der Waals surface area contributed by atoms with Crippen LogP contribution in [0.1, 0.15) is 52.9 Å². The van der Waals surface area contributed by atoms with E-state index in [0.717, 1.165) is 32.1 Å². The van der Waals surface area contributed by atoms with Crippen molar-refractivity contribution in [2.75, 3.05) is 6.61 Å². The number of hydrogen-bond acceptors (Lipinski definition) is 3. The molecule has 2 saturated carbocycles. The van der Waals surface area contributed by atoms with Gasteiger partial charge in [0.1, 0.15) is 0 Å². The van der Waals surface area contributed by atoms with Gasteiger partial charge in [0.2, 0.25) is 0 Å². The number of carbonyl (C=O) groups is 2. The molecule has 0 aromatic heterocycles. The zero-order chi connectivity index (χ0) is 16.0. The molecule has 0 radical (unpaired) electrons. The zero-order valence-electron chi connectivity index (χ0n) is 13.9. The standard InChI is InChI=1S/C19H26O3/c1-13(20)22-12-18(2)8-7-17-14(11-18)4-5-15-10-16(21)6-9-19(15,17)3/h6,9-10,14,17H,4-5,7-8,11-12H2,1-3H3. The van der Waals surface area contributed by atoms with E-state index in [1.165, 1.54) is 12.5 Å². The fourth-order valence-electron chi connectivity index (χ4n) is 4.90. The average Bonchev–Trinajstić information content (AvgIpc) is 2.46. The molecule has 0 spiro atoms. The number of hydrogen-bond donors (Lipinski definition) is 0. The van der Waals surface area contributed by atoms with E-state index < -0.39 is 0 Å². The molecule has 0 amide bonds. The van der Waals surface area contributed by atoms with Crippen LogP contribution in [-0.2, 0) is 14.3 Å². The lowest BCUT2D eigenvalue weighted by molar-refractivity contribution is -0.146. The fraction of sp³-hybridized carbons (Fsp3) is 0.684. The third kappa shape index (κ3) is 2.66. The van der Waals surface area contributed by atoms with Crippen molar-refractivity contribution in [3.63, 3.8) is 0 Å². The number of esters is 1. The Bertz CT molecular complexity index is 559. The highest BCUT2D eigenvalue weighted by Crippen LogP contribution is 2.58. The predicted molar refractivity (Wildman–Crippen MR) is 85.1 cm³/mol. The van der Waals surface area contributed by atoms with Gasteiger partial charge >= 0.3 is 5.97 Å². The molecule has 2 fully saturated rings. The van der Waals surface area contributed by atoms with Gasteiger partial charge < -0.3 is 4.74 Å². The van der Waals surface area contributed by atoms with E-state index in [4.69, 9.17) is 4.74 Å². The van der Waals surface area contributed by atoms with Gasteiger partial charge in [0.15, 0.2) is 5.78 Å². The van der Waals surface area contributed by atoms with Crippen LogP contribution < -0.4 is 0 Å². The van der Waals surface area contributed by atoms with E-state index in [2.05, 4.69) is 19.9 Å². The summed E-state index contributed by atoms with van der Waals surface area (Å²) in [4.78, 5) is 22.8. The van der Waals surface area contributed by atoms with Crippen molar-refractivity contribution < 1.29 is 14.3 Å². The van der Waals surface area contributed by atoms with Crippen molar-refractivity contribution >= 4 is 11.8 Å². The van der Waals surface area contributed by atoms with E-state index in [1.54, 1.807) is 6.08 Å². The molecule has 0 aromatic rings. The van der Waals surface area contributed by atoms with Crippen molar-refractivity contribution in [1.82, 2.24) is 0 Å². The molecule has 0 aliphatic heterocycles. The van der Waals surface area contributed by atoms with Crippen LogP contribution >= 0.6 is 0 Å². The Kier molecular flexibility index (Phi) is 3.78. The molecule has 3 aliphatic rings. The van der Waals surface area contributed by atoms with E-state index >= 15 is 0 Å². The van der Waals surface area contributed by atoms with Crippen LogP contribution in [0.2, 0.25) is 0 Å². The van der Waals surface area contributed by atoms with Crippen LogP contribution in [0.3, 0.4) is 0 Å². The summed E-state index contributed by atoms with van der Waals surface area (Å²) in [5.74, 6) is 1.23. The first-order valence-corrected chi connectivity index (χ1v) is 8.40. The van der Waals surface area contributed by atoms with Crippen LogP contribution in [0, 0.1) is 22.7 Å². The van der Waals surface area contributed by atoms with Gasteiger partial charge in [-0.15, -0.1) is 0 Å². The van der Waals surface area contributed by atoms with Crippen LogP contribution in [0.15, 0.2) is 23.8 Å². The molecule has 3 rings (SSSR count). The van der Waals surface area contributed by atoms with E-state index in [9.17, 15) is 9.59 Å². The van der Waals surface area contributed by atoms with Gasteiger partial charge in [0.25, 0.3) is 0 Å². The minimum Gasteiger partial charge on any atom is -0.465 e. The minimum atomic E-state index is -0.182. The maximum absolute atomic E-state index is 11.7. The third-order valence-electron chi connectivity index (χ3n) is 6.16. The second-order valence-corrected chi connectivity index (χ2v) is 7.93. The third-order valence-corrected chi connectivity index (χ3v) is 6.16. The Labute approximate surface area is 132 Å². The second-order valence-electron chi connectivity index (χ2n) is 7.93. The first-order valence-electron chi connectivity index (χ1n) is 8.40. The van der Waals surface area contributed by atoms with Crippen molar-refractivity contribution in [3.8, 4) is 0 Å². The Morgan fingerprint density at radius 3 is 2.86 bits per heavy atom. The Morgan fingerprint density at radius 2 is 2.14 bits per heavy atom. The lowest BCUT2D eigenvalue weighted by atomic mass is 9.51. The number of ketones is 1. The normalized spacial score (nSPS) is 40.5. The number of carbonyl (C=O) groups excluding carboxylic acids is 2. The summed E-state index contributed by atoms with van der Waals surface area (Å²) in [7, 11) is 0. The molecule has 120 valence electrons. The highest BCUT2D eigenvalue weighted by Gasteiger charge is 2.49. The van der Waals surface area contributed by atoms with Gasteiger partial charge in [-0.25, -0.2) is 0 Å². The average molecular weight is 302 g/mol. The van der Waals surface area contributed by atoms with Crippen molar-refractivity contribution in [2.24, 2.45) is 22.7 Å². The number of allylic oxidation sites excluding steroid dienone is 4. The van der Waals surface area contributed by atoms with Crippen LogP contribution in [0.5, 0.6) is 0 Å². The highest BCUT2D eigenvalue weighted by molar-refractivity contribution is 6.01. The Balaban J connectivity index is 1.76. The largest absolute Gasteiger partial charge is 0.465 e. The van der Waals surface area contributed by atoms with Gasteiger partial charge in [-0.3, -0.25) is 9.59 Å². The molecule has 3 heteroatoms. The Morgan fingerprint density at radius 1 is 1.36 bits per heavy atom. The molecular formula is C19H26O3. The summed E-state index contributed by atoms with van der Waals surface area (Å²) in [5, 5.41) is 0. The van der Waals surface area contributed by atoms with Crippen LogP contribution in [0.4, 0.5) is 0 Å². The summed E-state index contributed by atoms with van der Waals surface area (Å²) in [5.41, 5.74) is 1.49. The molecule has 22 heavy (non-hydrogen) atoms. The zero-order valence-corrected chi connectivity index (χ0v) is 13.9. The fourth-order valence-corrected chi connectivity index (χ4v) is 4.90. The van der Waals surface area contributed by atoms with E-state index in [1.807, 2.05) is 6.08 Å². The quantitative estimate of drug-likeness (QED) is 0.728. The number of ether oxygens (including phenoxy) is 1. The molecule has 3 aliphatic carbocycles. The topological polar surface area (TPSA) is 43.4 Å². The van der Waals surface area contributed by atoms with Crippen LogP contribution in [-0.4, -0.2) is 18.4 Å². The number of rotatable bonds is 2. The highest BCUT2D eigenvalue weighted by atomic mass is 16.5. The summed E-state index contributed by atoms with van der Waals surface area (Å²) in [6.07, 6.45) is 11.3. The monoisotopic (exact) mass is 302 g/mol. The SMILES string of the molecule is CC(=O)OCC1(C)CCC2C(CCC3=CC(=O)C=CC32C)C1. The minimum absolute atomic E-state index is 0.0551. The molecule has 0 N–H and O–H groups in total. The van der Waals surface area contributed by atoms with Crippen molar-refractivity contribution in [2.45, 2.75) is 52.9 Å². The Hall–Kier alpha value is -1.38. The molecule has 0 bridgehead atoms. The smallest absolute Gasteiger partial charge is 0.302 e. The van der Waals surface area contributed by atoms with Crippen LogP contribution in [0.25, 0.3) is 0 Å². The summed E-state index contributed by atoms with van der Waals surface area (Å²) in [6, 6.07) is 0. The van der Waals surface area contributed by atoms with Gasteiger partial charge in [0, 0.05) is 17.8 Å². The van der Waals surface area contributed by atoms with Gasteiger partial charge in [-0.05, 0) is 56.1 Å².